The van der Waals surface area contributed by atoms with Gasteiger partial charge in [-0.3, -0.25) is 0 Å². The molecule has 0 aliphatic carbocycles. The van der Waals surface area contributed by atoms with Crippen LogP contribution in [0.5, 0.6) is 0 Å². The Balaban J connectivity index is 2.06. The van der Waals surface area contributed by atoms with E-state index in [1.54, 1.807) is 6.20 Å². The molecule has 0 saturated heterocycles. The van der Waals surface area contributed by atoms with Crippen LogP contribution in [0.1, 0.15) is 0 Å². The highest BCUT2D eigenvalue weighted by atomic mass is 35.5. The van der Waals surface area contributed by atoms with E-state index in [1.165, 1.54) is 0 Å². The van der Waals surface area contributed by atoms with Crippen LogP contribution < -0.4 is 0 Å². The number of nitrogens with zero attached hydrogens (tertiary/aromatic N) is 1. The van der Waals surface area contributed by atoms with E-state index in [1.807, 2.05) is 48.5 Å². The van der Waals surface area contributed by atoms with Gasteiger partial charge in [-0.1, -0.05) is 53.5 Å². The molecule has 94 valence electrons. The summed E-state index contributed by atoms with van der Waals surface area (Å²) >= 11 is 12.3. The van der Waals surface area contributed by atoms with Crippen molar-refractivity contribution in [3.63, 3.8) is 0 Å². The standard InChI is InChI=1S/C15H10Cl2N2/c16-12-7-3-1-5-10(12)14-9-18-15(19-14)11-6-2-4-8-13(11)17/h1-9H,(H,18,19). The summed E-state index contributed by atoms with van der Waals surface area (Å²) in [7, 11) is 0. The first-order valence-electron chi connectivity index (χ1n) is 5.80. The van der Waals surface area contributed by atoms with Crippen LogP contribution in [-0.4, -0.2) is 9.97 Å². The summed E-state index contributed by atoms with van der Waals surface area (Å²) in [6.45, 7) is 0. The van der Waals surface area contributed by atoms with E-state index < -0.39 is 0 Å². The Kier molecular flexibility index (Phi) is 3.28. The molecular weight excluding hydrogens is 279 g/mol. The summed E-state index contributed by atoms with van der Waals surface area (Å²) in [5.74, 6) is 0.737. The van der Waals surface area contributed by atoms with Gasteiger partial charge in [-0.25, -0.2) is 4.98 Å². The van der Waals surface area contributed by atoms with Crippen LogP contribution in [0, 0.1) is 0 Å². The predicted molar refractivity (Wildman–Crippen MR) is 79.5 cm³/mol. The molecule has 0 bridgehead atoms. The summed E-state index contributed by atoms with van der Waals surface area (Å²) in [4.78, 5) is 7.61. The minimum Gasteiger partial charge on any atom is -0.338 e. The van der Waals surface area contributed by atoms with Gasteiger partial charge in [0, 0.05) is 16.1 Å². The van der Waals surface area contributed by atoms with Gasteiger partial charge in [0.1, 0.15) is 5.82 Å². The highest BCUT2D eigenvalue weighted by Gasteiger charge is 2.09. The fourth-order valence-corrected chi connectivity index (χ4v) is 2.39. The second-order valence-corrected chi connectivity index (χ2v) is 4.92. The van der Waals surface area contributed by atoms with Gasteiger partial charge in [-0.05, 0) is 18.2 Å². The van der Waals surface area contributed by atoms with Crippen LogP contribution in [0.4, 0.5) is 0 Å². The van der Waals surface area contributed by atoms with Crippen molar-refractivity contribution in [2.24, 2.45) is 0 Å². The molecule has 0 atom stereocenters. The molecule has 0 saturated carbocycles. The summed E-state index contributed by atoms with van der Waals surface area (Å²) in [6, 6.07) is 15.2. The second-order valence-electron chi connectivity index (χ2n) is 4.11. The van der Waals surface area contributed by atoms with Gasteiger partial charge in [0.25, 0.3) is 0 Å². The number of H-pyrrole nitrogens is 1. The fourth-order valence-electron chi connectivity index (χ4n) is 1.93. The molecule has 1 N–H and O–H groups in total. The molecule has 19 heavy (non-hydrogen) atoms. The quantitative estimate of drug-likeness (QED) is 0.702. The first-order valence-corrected chi connectivity index (χ1v) is 6.56. The molecule has 0 fully saturated rings. The lowest BCUT2D eigenvalue weighted by Gasteiger charge is -2.01. The Morgan fingerprint density at radius 2 is 1.37 bits per heavy atom. The monoisotopic (exact) mass is 288 g/mol. The van der Waals surface area contributed by atoms with Crippen LogP contribution in [0.3, 0.4) is 0 Å². The summed E-state index contributed by atoms with van der Waals surface area (Å²) in [5.41, 5.74) is 2.68. The Morgan fingerprint density at radius 1 is 0.789 bits per heavy atom. The number of aromatic amines is 1. The van der Waals surface area contributed by atoms with E-state index in [9.17, 15) is 0 Å². The average molecular weight is 289 g/mol. The fraction of sp³-hybridized carbons (Fsp3) is 0. The third-order valence-corrected chi connectivity index (χ3v) is 3.53. The average Bonchev–Trinajstić information content (AvgIpc) is 2.89. The van der Waals surface area contributed by atoms with Crippen molar-refractivity contribution in [1.82, 2.24) is 9.97 Å². The molecule has 2 nitrogen and oxygen atoms in total. The van der Waals surface area contributed by atoms with Gasteiger partial charge in [0.15, 0.2) is 0 Å². The maximum Gasteiger partial charge on any atom is 0.139 e. The lowest BCUT2D eigenvalue weighted by Crippen LogP contribution is -1.82. The van der Waals surface area contributed by atoms with Crippen molar-refractivity contribution in [1.29, 1.82) is 0 Å². The van der Waals surface area contributed by atoms with Crippen LogP contribution in [0.25, 0.3) is 22.6 Å². The summed E-state index contributed by atoms with van der Waals surface area (Å²) in [5, 5.41) is 1.36. The van der Waals surface area contributed by atoms with Crippen LogP contribution in [-0.2, 0) is 0 Å². The largest absolute Gasteiger partial charge is 0.338 e. The first kappa shape index (κ1) is 12.3. The number of imidazole rings is 1. The molecule has 0 aliphatic heterocycles. The molecular formula is C15H10Cl2N2. The number of hydrogen-bond donors (Lipinski definition) is 1. The van der Waals surface area contributed by atoms with E-state index in [4.69, 9.17) is 23.2 Å². The van der Waals surface area contributed by atoms with Crippen LogP contribution in [0.2, 0.25) is 10.0 Å². The Labute approximate surface area is 121 Å². The number of benzene rings is 2. The van der Waals surface area contributed by atoms with E-state index in [0.717, 1.165) is 22.6 Å². The topological polar surface area (TPSA) is 28.7 Å². The van der Waals surface area contributed by atoms with E-state index in [2.05, 4.69) is 9.97 Å². The van der Waals surface area contributed by atoms with Crippen LogP contribution >= 0.6 is 23.2 Å². The van der Waals surface area contributed by atoms with Gasteiger partial charge in [-0.15, -0.1) is 0 Å². The minimum atomic E-state index is 0.669. The van der Waals surface area contributed by atoms with Gasteiger partial charge in [-0.2, -0.15) is 0 Å². The predicted octanol–water partition coefficient (Wildman–Crippen LogP) is 5.05. The lowest BCUT2D eigenvalue weighted by atomic mass is 10.2. The normalized spacial score (nSPS) is 10.6. The summed E-state index contributed by atoms with van der Waals surface area (Å²) < 4.78 is 0. The third kappa shape index (κ3) is 2.37. The molecule has 0 aliphatic rings. The van der Waals surface area contributed by atoms with Crippen molar-refractivity contribution >= 4 is 23.2 Å². The first-order chi connectivity index (χ1) is 9.25. The Hall–Kier alpha value is -1.77. The smallest absolute Gasteiger partial charge is 0.139 e. The number of nitrogens with one attached hydrogen (secondary N) is 1. The van der Waals surface area contributed by atoms with Crippen LogP contribution in [0.15, 0.2) is 54.7 Å². The molecule has 2 aromatic carbocycles. The molecule has 3 rings (SSSR count). The molecule has 4 heteroatoms. The zero-order valence-electron chi connectivity index (χ0n) is 9.90. The maximum absolute atomic E-state index is 6.17. The van der Waals surface area contributed by atoms with Gasteiger partial charge >= 0.3 is 0 Å². The lowest BCUT2D eigenvalue weighted by molar-refractivity contribution is 1.31. The zero-order chi connectivity index (χ0) is 13.2. The SMILES string of the molecule is Clc1ccccc1-c1cnc(-c2ccccc2Cl)[nH]1. The highest BCUT2D eigenvalue weighted by Crippen LogP contribution is 2.30. The van der Waals surface area contributed by atoms with Gasteiger partial charge < -0.3 is 4.98 Å². The number of hydrogen-bond acceptors (Lipinski definition) is 1. The number of aromatic nitrogens is 2. The number of rotatable bonds is 2. The molecule has 1 aromatic heterocycles. The van der Waals surface area contributed by atoms with E-state index in [0.29, 0.717) is 10.0 Å². The van der Waals surface area contributed by atoms with E-state index >= 15 is 0 Å². The molecule has 0 spiro atoms. The molecule has 1 heterocycles. The Bertz CT molecular complexity index is 659. The van der Waals surface area contributed by atoms with Crippen molar-refractivity contribution < 1.29 is 0 Å². The highest BCUT2D eigenvalue weighted by molar-refractivity contribution is 6.33. The minimum absolute atomic E-state index is 0.669. The van der Waals surface area contributed by atoms with Gasteiger partial charge in [0.05, 0.1) is 16.9 Å². The second kappa shape index (κ2) is 5.08. The third-order valence-electron chi connectivity index (χ3n) is 2.87. The van der Waals surface area contributed by atoms with E-state index in [-0.39, 0.29) is 0 Å². The van der Waals surface area contributed by atoms with Crippen molar-refractivity contribution in [2.75, 3.05) is 0 Å². The molecule has 3 aromatic rings. The Morgan fingerprint density at radius 3 is 2.00 bits per heavy atom. The van der Waals surface area contributed by atoms with Crippen molar-refractivity contribution in [3.05, 3.63) is 64.8 Å². The zero-order valence-corrected chi connectivity index (χ0v) is 11.4. The van der Waals surface area contributed by atoms with Crippen molar-refractivity contribution in [3.8, 4) is 22.6 Å². The number of halogens is 2. The van der Waals surface area contributed by atoms with Crippen molar-refractivity contribution in [2.45, 2.75) is 0 Å². The van der Waals surface area contributed by atoms with Gasteiger partial charge in [0.2, 0.25) is 0 Å². The molecule has 0 unspecified atom stereocenters. The molecule has 0 amide bonds. The maximum atomic E-state index is 6.17. The summed E-state index contributed by atoms with van der Waals surface area (Å²) in [6.07, 6.45) is 1.76. The molecule has 0 radical (unpaired) electrons.